The van der Waals surface area contributed by atoms with Gasteiger partial charge in [0.1, 0.15) is 10.7 Å². The number of amides is 1. The average molecular weight is 555 g/mol. The maximum atomic E-state index is 14.0. The summed E-state index contributed by atoms with van der Waals surface area (Å²) in [6.45, 7) is 4.03. The number of benzene rings is 1. The maximum Gasteiger partial charge on any atom is 0.319 e. The molecule has 0 bridgehead atoms. The molecule has 38 heavy (non-hydrogen) atoms. The van der Waals surface area contributed by atoms with Gasteiger partial charge < -0.3 is 14.0 Å². The summed E-state index contributed by atoms with van der Waals surface area (Å²) in [4.78, 5) is 36.5. The molecule has 196 valence electrons. The molecule has 1 aliphatic rings. The summed E-state index contributed by atoms with van der Waals surface area (Å²) in [7, 11) is 4.54. The second-order valence-electron chi connectivity index (χ2n) is 9.06. The molecular weight excluding hydrogens is 531 g/mol. The van der Waals surface area contributed by atoms with Gasteiger partial charge in [-0.3, -0.25) is 14.5 Å². The van der Waals surface area contributed by atoms with Crippen LogP contribution in [0, 0.1) is 0 Å². The fourth-order valence-electron chi connectivity index (χ4n) is 4.72. The third-order valence-corrected chi connectivity index (χ3v) is 6.89. The summed E-state index contributed by atoms with van der Waals surface area (Å²) in [5.41, 5.74) is 3.14. The molecule has 12 heteroatoms. The van der Waals surface area contributed by atoms with Crippen LogP contribution in [0.1, 0.15) is 53.1 Å². The first-order chi connectivity index (χ1) is 18.2. The molecule has 4 heterocycles. The molecule has 0 saturated heterocycles. The molecule has 4 aromatic rings. The van der Waals surface area contributed by atoms with E-state index in [2.05, 4.69) is 9.97 Å². The zero-order chi connectivity index (χ0) is 27.3. The fourth-order valence-corrected chi connectivity index (χ4v) is 5.09. The van der Waals surface area contributed by atoms with Crippen LogP contribution in [0.4, 0.5) is 5.69 Å². The summed E-state index contributed by atoms with van der Waals surface area (Å²) < 4.78 is 13.7. The molecule has 1 atom stereocenters. The number of halogens is 2. The Morgan fingerprint density at radius 2 is 1.76 bits per heavy atom. The third kappa shape index (κ3) is 4.10. The predicted octanol–water partition coefficient (Wildman–Crippen LogP) is 4.56. The number of carbonyl (C=O) groups excluding carboxylic acids is 1. The molecule has 1 aliphatic heterocycles. The molecule has 0 radical (unpaired) electrons. The Labute approximate surface area is 228 Å². The first-order valence-corrected chi connectivity index (χ1v) is 12.4. The van der Waals surface area contributed by atoms with E-state index in [-0.39, 0.29) is 40.0 Å². The number of anilines is 1. The Morgan fingerprint density at radius 3 is 2.37 bits per heavy atom. The van der Waals surface area contributed by atoms with E-state index in [0.29, 0.717) is 16.4 Å². The van der Waals surface area contributed by atoms with E-state index in [0.717, 1.165) is 16.8 Å². The normalized spacial score (nSPS) is 14.8. The second-order valence-corrected chi connectivity index (χ2v) is 9.90. The van der Waals surface area contributed by atoms with Crippen LogP contribution in [0.5, 0.6) is 11.9 Å². The van der Waals surface area contributed by atoms with Crippen LogP contribution >= 0.6 is 23.2 Å². The van der Waals surface area contributed by atoms with Gasteiger partial charge in [0.15, 0.2) is 5.69 Å². The highest BCUT2D eigenvalue weighted by Crippen LogP contribution is 2.46. The number of aromatic nitrogens is 5. The number of hydrogen-bond donors (Lipinski definition) is 0. The molecule has 1 aromatic carbocycles. The quantitative estimate of drug-likeness (QED) is 0.344. The Morgan fingerprint density at radius 1 is 1.05 bits per heavy atom. The second kappa shape index (κ2) is 9.77. The Hall–Kier alpha value is -3.89. The summed E-state index contributed by atoms with van der Waals surface area (Å²) in [5.74, 6) is -0.162. The molecular formula is C26H24Cl2N6O4. The van der Waals surface area contributed by atoms with Crippen molar-refractivity contribution in [2.24, 2.45) is 7.05 Å². The van der Waals surface area contributed by atoms with E-state index in [1.165, 1.54) is 24.9 Å². The van der Waals surface area contributed by atoms with Crippen molar-refractivity contribution >= 4 is 34.8 Å². The number of pyridine rings is 1. The smallest absolute Gasteiger partial charge is 0.319 e. The minimum atomic E-state index is -0.570. The molecule has 10 nitrogen and oxygen atoms in total. The van der Waals surface area contributed by atoms with E-state index in [9.17, 15) is 9.59 Å². The van der Waals surface area contributed by atoms with Gasteiger partial charge in [-0.25, -0.2) is 9.67 Å². The molecule has 0 spiro atoms. The highest BCUT2D eigenvalue weighted by atomic mass is 35.5. The first-order valence-electron chi connectivity index (χ1n) is 11.7. The number of aryl methyl sites for hydroxylation is 1. The standard InChI is InChI=1S/C26H24Cl2N6O4/c1-13(2)21-19-20(31-34(21)18-11-29-26(38-5)30-23(18)37-4)25(36)33(16-10-17(28)24(35)32(3)12-16)22(19)14-6-8-15(27)9-7-14/h6-13,22H,1-5H3/t22-/m1/s1. The van der Waals surface area contributed by atoms with Gasteiger partial charge >= 0.3 is 6.01 Å². The number of rotatable bonds is 6. The third-order valence-electron chi connectivity index (χ3n) is 6.37. The summed E-state index contributed by atoms with van der Waals surface area (Å²) in [6.07, 6.45) is 3.13. The van der Waals surface area contributed by atoms with Gasteiger partial charge in [0.2, 0.25) is 5.88 Å². The minimum Gasteiger partial charge on any atom is -0.479 e. The van der Waals surface area contributed by atoms with Crippen molar-refractivity contribution in [3.63, 3.8) is 0 Å². The average Bonchev–Trinajstić information content (AvgIpc) is 3.42. The monoisotopic (exact) mass is 554 g/mol. The van der Waals surface area contributed by atoms with Gasteiger partial charge in [-0.1, -0.05) is 49.2 Å². The minimum absolute atomic E-state index is 0.00598. The lowest BCUT2D eigenvalue weighted by atomic mass is 9.94. The molecule has 0 saturated carbocycles. The Kier molecular flexibility index (Phi) is 6.62. The molecule has 0 fully saturated rings. The van der Waals surface area contributed by atoms with Crippen LogP contribution in [-0.2, 0) is 7.05 Å². The Balaban J connectivity index is 1.79. The summed E-state index contributed by atoms with van der Waals surface area (Å²) >= 11 is 12.4. The fraction of sp³-hybridized carbons (Fsp3) is 0.269. The van der Waals surface area contributed by atoms with E-state index in [1.54, 1.807) is 41.2 Å². The molecule has 0 N–H and O–H groups in total. The van der Waals surface area contributed by atoms with Crippen LogP contribution < -0.4 is 19.9 Å². The largest absolute Gasteiger partial charge is 0.479 e. The lowest BCUT2D eigenvalue weighted by Gasteiger charge is -2.28. The first kappa shape index (κ1) is 25.7. The van der Waals surface area contributed by atoms with Crippen molar-refractivity contribution in [2.75, 3.05) is 19.1 Å². The summed E-state index contributed by atoms with van der Waals surface area (Å²) in [5, 5.41) is 5.33. The molecule has 3 aromatic heterocycles. The number of ether oxygens (including phenoxy) is 2. The zero-order valence-electron chi connectivity index (χ0n) is 21.3. The number of methoxy groups -OCH3 is 2. The van der Waals surface area contributed by atoms with Gasteiger partial charge in [0, 0.05) is 23.8 Å². The van der Waals surface area contributed by atoms with Gasteiger partial charge in [0.05, 0.1) is 37.8 Å². The maximum absolute atomic E-state index is 14.0. The number of nitrogens with zero attached hydrogens (tertiary/aromatic N) is 6. The van der Waals surface area contributed by atoms with E-state index >= 15 is 0 Å². The molecule has 1 amide bonds. The highest BCUT2D eigenvalue weighted by Gasteiger charge is 2.45. The van der Waals surface area contributed by atoms with E-state index in [1.807, 2.05) is 26.0 Å². The van der Waals surface area contributed by atoms with Crippen molar-refractivity contribution < 1.29 is 14.3 Å². The van der Waals surface area contributed by atoms with Crippen LogP contribution in [-0.4, -0.2) is 44.4 Å². The van der Waals surface area contributed by atoms with Gasteiger partial charge in [0.25, 0.3) is 11.5 Å². The number of carbonyl (C=O) groups is 1. The highest BCUT2D eigenvalue weighted by molar-refractivity contribution is 6.31. The van der Waals surface area contributed by atoms with Gasteiger partial charge in [-0.05, 0) is 29.7 Å². The van der Waals surface area contributed by atoms with E-state index in [4.69, 9.17) is 37.8 Å². The van der Waals surface area contributed by atoms with Crippen LogP contribution in [0.25, 0.3) is 5.69 Å². The van der Waals surface area contributed by atoms with Gasteiger partial charge in [-0.15, -0.1) is 0 Å². The van der Waals surface area contributed by atoms with E-state index < -0.39 is 6.04 Å². The predicted molar refractivity (Wildman–Crippen MR) is 143 cm³/mol. The van der Waals surface area contributed by atoms with Crippen LogP contribution in [0.3, 0.4) is 0 Å². The number of fused-ring (bicyclic) bond motifs is 1. The summed E-state index contributed by atoms with van der Waals surface area (Å²) in [6, 6.07) is 8.34. The van der Waals surface area contributed by atoms with Crippen LogP contribution in [0.15, 0.2) is 47.5 Å². The lowest BCUT2D eigenvalue weighted by Crippen LogP contribution is -2.31. The van der Waals surface area contributed by atoms with Gasteiger partial charge in [-0.2, -0.15) is 10.1 Å². The molecule has 0 unspecified atom stereocenters. The van der Waals surface area contributed by atoms with Crippen molar-refractivity contribution in [3.05, 3.63) is 85.6 Å². The lowest BCUT2D eigenvalue weighted by molar-refractivity contribution is 0.0988. The SMILES string of the molecule is COc1ncc(-n2nc3c(c2C(C)C)[C@@H](c2ccc(Cl)cc2)N(c2cc(Cl)c(=O)n(C)c2)C3=O)c(OC)n1. The topological polar surface area (TPSA) is 104 Å². The molecule has 0 aliphatic carbocycles. The zero-order valence-corrected chi connectivity index (χ0v) is 22.8. The number of hydrogen-bond acceptors (Lipinski definition) is 7. The van der Waals surface area contributed by atoms with Crippen molar-refractivity contribution in [3.8, 4) is 17.6 Å². The Bertz CT molecular complexity index is 1590. The van der Waals surface area contributed by atoms with Crippen molar-refractivity contribution in [1.29, 1.82) is 0 Å². The van der Waals surface area contributed by atoms with Crippen LogP contribution in [0.2, 0.25) is 10.0 Å². The molecule has 5 rings (SSSR count). The van der Waals surface area contributed by atoms with Crippen molar-refractivity contribution in [2.45, 2.75) is 25.8 Å². The van der Waals surface area contributed by atoms with Crippen molar-refractivity contribution in [1.82, 2.24) is 24.3 Å².